The molecule has 2 heterocycles. The molecule has 0 radical (unpaired) electrons. The largest absolute Gasteiger partial charge is 0.359 e. The van der Waals surface area contributed by atoms with Crippen molar-refractivity contribution in [3.63, 3.8) is 0 Å². The molecule has 0 atom stereocenters. The quantitative estimate of drug-likeness (QED) is 0.734. The Morgan fingerprint density at radius 1 is 1.42 bits per heavy atom. The number of aryl methyl sites for hydroxylation is 2. The minimum Gasteiger partial charge on any atom is -0.359 e. The molecule has 0 fully saturated rings. The van der Waals surface area contributed by atoms with E-state index in [1.165, 1.54) is 8.96 Å². The maximum absolute atomic E-state index is 4.38. The van der Waals surface area contributed by atoms with Crippen LogP contribution >= 0.6 is 22.6 Å². The highest BCUT2D eigenvalue weighted by molar-refractivity contribution is 14.1. The van der Waals surface area contributed by atoms with Crippen molar-refractivity contribution in [3.05, 3.63) is 27.2 Å². The van der Waals surface area contributed by atoms with Crippen molar-refractivity contribution in [2.75, 3.05) is 0 Å². The second-order valence-electron chi connectivity index (χ2n) is 2.91. The third-order valence-electron chi connectivity index (χ3n) is 1.93. The number of nitrogens with one attached hydrogen (secondary N) is 1. The van der Waals surface area contributed by atoms with Crippen LogP contribution in [0.25, 0.3) is 10.9 Å². The van der Waals surface area contributed by atoms with Crippen LogP contribution in [-0.2, 0) is 0 Å². The van der Waals surface area contributed by atoms with Gasteiger partial charge in [-0.05, 0) is 42.5 Å². The maximum atomic E-state index is 4.38. The minimum absolute atomic E-state index is 1.08. The summed E-state index contributed by atoms with van der Waals surface area (Å²) in [6.45, 7) is 4.05. The molecule has 3 heteroatoms. The summed E-state index contributed by atoms with van der Waals surface area (Å²) in [4.78, 5) is 7.59. The van der Waals surface area contributed by atoms with Gasteiger partial charge in [-0.1, -0.05) is 0 Å². The molecule has 2 rings (SSSR count). The predicted molar refractivity (Wildman–Crippen MR) is 58.3 cm³/mol. The number of aromatic amines is 1. The Labute approximate surface area is 84.5 Å². The van der Waals surface area contributed by atoms with E-state index in [2.05, 4.69) is 38.6 Å². The smallest absolute Gasteiger partial charge is 0.0681 e. The van der Waals surface area contributed by atoms with Gasteiger partial charge in [-0.3, -0.25) is 4.98 Å². The summed E-state index contributed by atoms with van der Waals surface area (Å²) in [5.41, 5.74) is 3.32. The Balaban J connectivity index is 2.92. The fourth-order valence-electron chi connectivity index (χ4n) is 1.41. The minimum atomic E-state index is 1.08. The lowest BCUT2D eigenvalue weighted by Gasteiger charge is -1.97. The third kappa shape index (κ3) is 1.12. The topological polar surface area (TPSA) is 28.7 Å². The number of rotatable bonds is 0. The summed E-state index contributed by atoms with van der Waals surface area (Å²) >= 11 is 2.33. The second kappa shape index (κ2) is 2.73. The van der Waals surface area contributed by atoms with Crippen molar-refractivity contribution in [1.82, 2.24) is 9.97 Å². The lowest BCUT2D eigenvalue weighted by atomic mass is 10.2. The van der Waals surface area contributed by atoms with E-state index >= 15 is 0 Å². The number of hydrogen-bond donors (Lipinski definition) is 1. The van der Waals surface area contributed by atoms with Crippen LogP contribution < -0.4 is 0 Å². The number of fused-ring (bicyclic) bond motifs is 1. The number of nitrogens with zero attached hydrogens (tertiary/aromatic N) is 1. The van der Waals surface area contributed by atoms with Crippen LogP contribution in [0, 0.1) is 17.4 Å². The van der Waals surface area contributed by atoms with Crippen LogP contribution in [0.5, 0.6) is 0 Å². The molecule has 1 N–H and O–H groups in total. The van der Waals surface area contributed by atoms with Crippen molar-refractivity contribution >= 4 is 33.5 Å². The number of aromatic nitrogens is 2. The molecule has 0 saturated heterocycles. The van der Waals surface area contributed by atoms with Crippen LogP contribution in [0.2, 0.25) is 0 Å². The molecule has 0 aliphatic carbocycles. The summed E-state index contributed by atoms with van der Waals surface area (Å²) < 4.78 is 1.26. The molecule has 12 heavy (non-hydrogen) atoms. The molecule has 62 valence electrons. The van der Waals surface area contributed by atoms with Crippen molar-refractivity contribution in [1.29, 1.82) is 0 Å². The van der Waals surface area contributed by atoms with Gasteiger partial charge in [0.25, 0.3) is 0 Å². The molecule has 0 bridgehead atoms. The molecule has 0 aliphatic rings. The molecule has 2 aromatic rings. The van der Waals surface area contributed by atoms with E-state index in [0.717, 1.165) is 16.9 Å². The fourth-order valence-corrected chi connectivity index (χ4v) is 1.99. The molecule has 0 spiro atoms. The summed E-state index contributed by atoms with van der Waals surface area (Å²) in [6, 6.07) is 2.11. The number of hydrogen-bond acceptors (Lipinski definition) is 1. The summed E-state index contributed by atoms with van der Waals surface area (Å²) in [5.74, 6) is 0. The molecule has 0 aliphatic heterocycles. The Bertz CT molecular complexity index is 431. The van der Waals surface area contributed by atoms with E-state index in [0.29, 0.717) is 0 Å². The molecule has 2 aromatic heterocycles. The third-order valence-corrected chi connectivity index (χ3v) is 2.82. The number of pyridine rings is 1. The van der Waals surface area contributed by atoms with E-state index in [-0.39, 0.29) is 0 Å². The first-order valence-corrected chi connectivity index (χ1v) is 4.87. The average molecular weight is 272 g/mol. The highest BCUT2D eigenvalue weighted by Crippen LogP contribution is 2.22. The van der Waals surface area contributed by atoms with E-state index < -0.39 is 0 Å². The van der Waals surface area contributed by atoms with Gasteiger partial charge in [0.15, 0.2) is 0 Å². The van der Waals surface area contributed by atoms with Crippen molar-refractivity contribution in [2.24, 2.45) is 0 Å². The first-order chi connectivity index (χ1) is 5.68. The highest BCUT2D eigenvalue weighted by Gasteiger charge is 2.04. The molecular formula is C9H9IN2. The lowest BCUT2D eigenvalue weighted by Crippen LogP contribution is -1.86. The van der Waals surface area contributed by atoms with Gasteiger partial charge in [-0.25, -0.2) is 0 Å². The van der Waals surface area contributed by atoms with Crippen molar-refractivity contribution in [2.45, 2.75) is 13.8 Å². The van der Waals surface area contributed by atoms with Gasteiger partial charge in [0.2, 0.25) is 0 Å². The van der Waals surface area contributed by atoms with Gasteiger partial charge in [-0.15, -0.1) is 0 Å². The van der Waals surface area contributed by atoms with Gasteiger partial charge in [-0.2, -0.15) is 0 Å². The lowest BCUT2D eigenvalue weighted by molar-refractivity contribution is 1.14. The first-order valence-electron chi connectivity index (χ1n) is 3.79. The first kappa shape index (κ1) is 8.04. The maximum Gasteiger partial charge on any atom is 0.0681 e. The zero-order valence-corrected chi connectivity index (χ0v) is 9.14. The monoisotopic (exact) mass is 272 g/mol. The Kier molecular flexibility index (Phi) is 1.83. The van der Waals surface area contributed by atoms with Gasteiger partial charge in [0.05, 0.1) is 11.2 Å². The Hall–Kier alpha value is -0.580. The zero-order valence-electron chi connectivity index (χ0n) is 6.98. The van der Waals surface area contributed by atoms with E-state index in [9.17, 15) is 0 Å². The zero-order chi connectivity index (χ0) is 8.72. The SMILES string of the molecule is Cc1cc2c(I)c[nH]c2c(C)n1. The van der Waals surface area contributed by atoms with Crippen LogP contribution in [-0.4, -0.2) is 9.97 Å². The molecule has 0 unspecified atom stereocenters. The summed E-state index contributed by atoms with van der Waals surface area (Å²) in [7, 11) is 0. The molecular weight excluding hydrogens is 263 g/mol. The molecule has 0 amide bonds. The highest BCUT2D eigenvalue weighted by atomic mass is 127. The molecule has 0 aromatic carbocycles. The van der Waals surface area contributed by atoms with Crippen LogP contribution in [0.1, 0.15) is 11.4 Å². The van der Waals surface area contributed by atoms with E-state index in [4.69, 9.17) is 0 Å². The Morgan fingerprint density at radius 3 is 2.92 bits per heavy atom. The predicted octanol–water partition coefficient (Wildman–Crippen LogP) is 2.78. The second-order valence-corrected chi connectivity index (χ2v) is 4.07. The normalized spacial score (nSPS) is 10.9. The fraction of sp³-hybridized carbons (Fsp3) is 0.222. The van der Waals surface area contributed by atoms with Gasteiger partial charge in [0.1, 0.15) is 0 Å². The van der Waals surface area contributed by atoms with Crippen LogP contribution in [0.3, 0.4) is 0 Å². The van der Waals surface area contributed by atoms with Crippen LogP contribution in [0.4, 0.5) is 0 Å². The van der Waals surface area contributed by atoms with Crippen LogP contribution in [0.15, 0.2) is 12.3 Å². The summed E-state index contributed by atoms with van der Waals surface area (Å²) in [6.07, 6.45) is 2.01. The van der Waals surface area contributed by atoms with Gasteiger partial charge < -0.3 is 4.98 Å². The van der Waals surface area contributed by atoms with E-state index in [1.54, 1.807) is 0 Å². The van der Waals surface area contributed by atoms with Crippen molar-refractivity contribution < 1.29 is 0 Å². The molecule has 2 nitrogen and oxygen atoms in total. The number of halogens is 1. The van der Waals surface area contributed by atoms with E-state index in [1.807, 2.05) is 20.0 Å². The van der Waals surface area contributed by atoms with Gasteiger partial charge in [0, 0.05) is 20.8 Å². The standard InChI is InChI=1S/C9H9IN2/c1-5-3-7-8(10)4-11-9(7)6(2)12-5/h3-4,11H,1-2H3. The Morgan fingerprint density at radius 2 is 2.17 bits per heavy atom. The number of H-pyrrole nitrogens is 1. The van der Waals surface area contributed by atoms with Gasteiger partial charge >= 0.3 is 0 Å². The average Bonchev–Trinajstić information content (AvgIpc) is 2.33. The van der Waals surface area contributed by atoms with Crippen molar-refractivity contribution in [3.8, 4) is 0 Å². The molecule has 0 saturated carbocycles. The summed E-state index contributed by atoms with van der Waals surface area (Å²) in [5, 5.41) is 1.28.